The molecule has 1 N–H and O–H groups in total. The molecule has 29 heavy (non-hydrogen) atoms. The van der Waals surface area contributed by atoms with Gasteiger partial charge in [-0.2, -0.15) is 0 Å². The summed E-state index contributed by atoms with van der Waals surface area (Å²) in [7, 11) is 1.34. The number of benzene rings is 3. The quantitative estimate of drug-likeness (QED) is 0.426. The lowest BCUT2D eigenvalue weighted by atomic mass is 10.1. The van der Waals surface area contributed by atoms with E-state index < -0.39 is 5.97 Å². The van der Waals surface area contributed by atoms with Crippen LogP contribution in [0.1, 0.15) is 37.4 Å². The van der Waals surface area contributed by atoms with Crippen molar-refractivity contribution in [3.8, 4) is 0 Å². The number of amides is 1. The molecule has 0 fully saturated rings. The summed E-state index contributed by atoms with van der Waals surface area (Å²) in [5, 5.41) is 2.88. The predicted molar refractivity (Wildman–Crippen MR) is 118 cm³/mol. The number of carbonyl (C=O) groups is 2. The van der Waals surface area contributed by atoms with Crippen molar-refractivity contribution in [1.29, 1.82) is 0 Å². The van der Waals surface area contributed by atoms with Crippen molar-refractivity contribution in [1.82, 2.24) is 0 Å². The van der Waals surface area contributed by atoms with Gasteiger partial charge in [0.05, 0.1) is 12.7 Å². The van der Waals surface area contributed by atoms with Gasteiger partial charge in [-0.15, -0.1) is 11.8 Å². The molecule has 0 atom stereocenters. The van der Waals surface area contributed by atoms with Gasteiger partial charge in [-0.1, -0.05) is 35.9 Å². The number of anilines is 1. The molecule has 0 aliphatic heterocycles. The summed E-state index contributed by atoms with van der Waals surface area (Å²) in [6, 6.07) is 21.2. The molecule has 0 spiro atoms. The van der Waals surface area contributed by atoms with Gasteiger partial charge < -0.3 is 10.1 Å². The maximum absolute atomic E-state index is 12.6. The highest BCUT2D eigenvalue weighted by Gasteiger charge is 2.14. The summed E-state index contributed by atoms with van der Waals surface area (Å²) < 4.78 is 4.78. The molecule has 0 saturated heterocycles. The maximum Gasteiger partial charge on any atom is 0.338 e. The first kappa shape index (κ1) is 20.7. The van der Waals surface area contributed by atoms with Gasteiger partial charge in [0.1, 0.15) is 0 Å². The molecule has 3 aromatic carbocycles. The molecule has 1 amide bonds. The molecule has 0 radical (unpaired) electrons. The Bertz CT molecular complexity index is 1010. The predicted octanol–water partition coefficient (Wildman–Crippen LogP) is 5.63. The molecule has 0 aliphatic rings. The van der Waals surface area contributed by atoms with E-state index in [2.05, 4.69) is 36.5 Å². The van der Waals surface area contributed by atoms with E-state index in [4.69, 9.17) is 4.74 Å². The summed E-state index contributed by atoms with van der Waals surface area (Å²) in [5.74, 6) is 0.201. The van der Waals surface area contributed by atoms with Crippen LogP contribution in [0.2, 0.25) is 0 Å². The van der Waals surface area contributed by atoms with E-state index in [9.17, 15) is 9.59 Å². The molecule has 3 rings (SSSR count). The molecule has 3 aromatic rings. The summed E-state index contributed by atoms with van der Waals surface area (Å²) in [6.45, 7) is 3.86. The van der Waals surface area contributed by atoms with Crippen LogP contribution in [0.4, 0.5) is 5.69 Å². The number of nitrogens with one attached hydrogen (secondary N) is 1. The Labute approximate surface area is 175 Å². The van der Waals surface area contributed by atoms with E-state index >= 15 is 0 Å². The molecular weight excluding hydrogens is 382 g/mol. The van der Waals surface area contributed by atoms with Gasteiger partial charge in [-0.05, 0) is 61.4 Å². The molecule has 0 heterocycles. The van der Waals surface area contributed by atoms with Crippen LogP contribution in [0.5, 0.6) is 0 Å². The number of hydrogen-bond acceptors (Lipinski definition) is 4. The average Bonchev–Trinajstić information content (AvgIpc) is 2.74. The highest BCUT2D eigenvalue weighted by atomic mass is 32.2. The zero-order valence-electron chi connectivity index (χ0n) is 16.7. The minimum atomic E-state index is -0.422. The minimum Gasteiger partial charge on any atom is -0.465 e. The summed E-state index contributed by atoms with van der Waals surface area (Å²) >= 11 is 1.76. The number of thioether (sulfide) groups is 1. The molecule has 0 saturated carbocycles. The molecule has 0 unspecified atom stereocenters. The first-order valence-corrected chi connectivity index (χ1v) is 10.2. The van der Waals surface area contributed by atoms with Crippen molar-refractivity contribution in [3.63, 3.8) is 0 Å². The Morgan fingerprint density at radius 2 is 1.62 bits per heavy atom. The second-order valence-corrected chi connectivity index (χ2v) is 7.77. The number of aryl methyl sites for hydroxylation is 1. The molecule has 5 heteroatoms. The molecule has 0 bridgehead atoms. The standard InChI is InChI=1S/C24H23NO3S/c1-16-7-13-20(14-8-16)29-15-18-9-11-19(12-10-18)23(26)25-22-6-4-5-21(17(22)2)24(27)28-3/h4-14H,15H2,1-3H3,(H,25,26). The lowest BCUT2D eigenvalue weighted by Crippen LogP contribution is -2.14. The van der Waals surface area contributed by atoms with Crippen LogP contribution in [-0.4, -0.2) is 19.0 Å². The zero-order chi connectivity index (χ0) is 20.8. The molecule has 4 nitrogen and oxygen atoms in total. The highest BCUT2D eigenvalue weighted by Crippen LogP contribution is 2.24. The number of hydrogen-bond donors (Lipinski definition) is 1. The minimum absolute atomic E-state index is 0.215. The van der Waals surface area contributed by atoms with Crippen LogP contribution in [0.25, 0.3) is 0 Å². The average molecular weight is 406 g/mol. The maximum atomic E-state index is 12.6. The largest absolute Gasteiger partial charge is 0.465 e. The summed E-state index contributed by atoms with van der Waals surface area (Å²) in [6.07, 6.45) is 0. The Morgan fingerprint density at radius 3 is 2.28 bits per heavy atom. The lowest BCUT2D eigenvalue weighted by Gasteiger charge is -2.11. The zero-order valence-corrected chi connectivity index (χ0v) is 17.5. The van der Waals surface area contributed by atoms with E-state index in [0.29, 0.717) is 22.4 Å². The molecule has 0 aliphatic carbocycles. The smallest absolute Gasteiger partial charge is 0.338 e. The topological polar surface area (TPSA) is 55.4 Å². The third-order valence-corrected chi connectivity index (χ3v) is 5.71. The SMILES string of the molecule is COC(=O)c1cccc(NC(=O)c2ccc(CSc3ccc(C)cc3)cc2)c1C. The Morgan fingerprint density at radius 1 is 0.931 bits per heavy atom. The van der Waals surface area contributed by atoms with Crippen molar-refractivity contribution in [3.05, 3.63) is 94.5 Å². The third-order valence-electron chi connectivity index (χ3n) is 4.63. The van der Waals surface area contributed by atoms with E-state index in [0.717, 1.165) is 11.3 Å². The van der Waals surface area contributed by atoms with E-state index in [1.807, 2.05) is 24.3 Å². The van der Waals surface area contributed by atoms with Gasteiger partial charge in [-0.3, -0.25) is 4.79 Å². The Kier molecular flexibility index (Phi) is 6.73. The van der Waals surface area contributed by atoms with Crippen LogP contribution in [-0.2, 0) is 10.5 Å². The van der Waals surface area contributed by atoms with Crippen molar-refractivity contribution in [2.75, 3.05) is 12.4 Å². The van der Waals surface area contributed by atoms with Crippen molar-refractivity contribution < 1.29 is 14.3 Å². The molecule has 0 aromatic heterocycles. The summed E-state index contributed by atoms with van der Waals surface area (Å²) in [4.78, 5) is 25.7. The second-order valence-electron chi connectivity index (χ2n) is 6.72. The number of rotatable bonds is 6. The fourth-order valence-corrected chi connectivity index (χ4v) is 3.70. The normalized spacial score (nSPS) is 10.4. The van der Waals surface area contributed by atoms with E-state index in [1.54, 1.807) is 36.9 Å². The van der Waals surface area contributed by atoms with Gasteiger partial charge in [-0.25, -0.2) is 4.79 Å². The lowest BCUT2D eigenvalue weighted by molar-refractivity contribution is 0.0599. The van der Waals surface area contributed by atoms with Crippen LogP contribution in [0.15, 0.2) is 71.6 Å². The number of carbonyl (C=O) groups excluding carboxylic acids is 2. The first-order valence-electron chi connectivity index (χ1n) is 9.25. The number of methoxy groups -OCH3 is 1. The molecular formula is C24H23NO3S. The number of ether oxygens (including phenoxy) is 1. The highest BCUT2D eigenvalue weighted by molar-refractivity contribution is 7.98. The Balaban J connectivity index is 1.65. The van der Waals surface area contributed by atoms with Gasteiger partial charge >= 0.3 is 5.97 Å². The van der Waals surface area contributed by atoms with Crippen LogP contribution in [0, 0.1) is 13.8 Å². The van der Waals surface area contributed by atoms with Crippen LogP contribution >= 0.6 is 11.8 Å². The number of esters is 1. The first-order chi connectivity index (χ1) is 14.0. The summed E-state index contributed by atoms with van der Waals surface area (Å²) in [5.41, 5.74) is 4.68. The van der Waals surface area contributed by atoms with Crippen molar-refractivity contribution in [2.24, 2.45) is 0 Å². The van der Waals surface area contributed by atoms with Crippen molar-refractivity contribution >= 4 is 29.3 Å². The van der Waals surface area contributed by atoms with Gasteiger partial charge in [0, 0.05) is 21.9 Å². The third kappa shape index (κ3) is 5.27. The van der Waals surface area contributed by atoms with Gasteiger partial charge in [0.15, 0.2) is 0 Å². The fourth-order valence-electron chi connectivity index (χ4n) is 2.85. The second kappa shape index (κ2) is 9.43. The van der Waals surface area contributed by atoms with Gasteiger partial charge in [0.25, 0.3) is 5.91 Å². The van der Waals surface area contributed by atoms with Crippen LogP contribution in [0.3, 0.4) is 0 Å². The molecule has 148 valence electrons. The Hall–Kier alpha value is -3.05. The van der Waals surface area contributed by atoms with Crippen LogP contribution < -0.4 is 5.32 Å². The van der Waals surface area contributed by atoms with Gasteiger partial charge in [0.2, 0.25) is 0 Å². The monoisotopic (exact) mass is 405 g/mol. The van der Waals surface area contributed by atoms with E-state index in [-0.39, 0.29) is 5.91 Å². The fraction of sp³-hybridized carbons (Fsp3) is 0.167. The van der Waals surface area contributed by atoms with E-state index in [1.165, 1.54) is 17.6 Å². The van der Waals surface area contributed by atoms with Crippen molar-refractivity contribution in [2.45, 2.75) is 24.5 Å².